The molecule has 3 rings (SSSR count). The Labute approximate surface area is 133 Å². The van der Waals surface area contributed by atoms with Crippen molar-refractivity contribution in [3.8, 4) is 11.5 Å². The average molecular weight is 368 g/mol. The van der Waals surface area contributed by atoms with Gasteiger partial charge < -0.3 is 10.5 Å². The van der Waals surface area contributed by atoms with Crippen LogP contribution in [0.4, 0.5) is 10.1 Å². The summed E-state index contributed by atoms with van der Waals surface area (Å²) in [5, 5.41) is 1.19. The fourth-order valence-corrected chi connectivity index (χ4v) is 2.74. The molecule has 0 spiro atoms. The van der Waals surface area contributed by atoms with Crippen LogP contribution < -0.4 is 10.5 Å². The molecule has 0 aliphatic rings. The van der Waals surface area contributed by atoms with Crippen molar-refractivity contribution in [2.24, 2.45) is 0 Å². The molecule has 106 valence electrons. The van der Waals surface area contributed by atoms with Crippen molar-refractivity contribution in [1.82, 2.24) is 4.98 Å². The first-order valence-electron chi connectivity index (χ1n) is 6.02. The zero-order valence-corrected chi connectivity index (χ0v) is 13.0. The minimum atomic E-state index is -0.569. The van der Waals surface area contributed by atoms with Crippen LogP contribution in [0.25, 0.3) is 10.9 Å². The van der Waals surface area contributed by atoms with Gasteiger partial charge in [-0.3, -0.25) is 4.98 Å². The lowest BCUT2D eigenvalue weighted by Crippen LogP contribution is -1.96. The molecule has 0 unspecified atom stereocenters. The first-order valence-corrected chi connectivity index (χ1v) is 7.19. The van der Waals surface area contributed by atoms with Crippen LogP contribution in [0.3, 0.4) is 0 Å². The van der Waals surface area contributed by atoms with Crippen molar-refractivity contribution < 1.29 is 9.13 Å². The number of nitrogen functional groups attached to an aromatic ring is 1. The molecule has 3 nitrogen and oxygen atoms in total. The van der Waals surface area contributed by atoms with Crippen LogP contribution in [0.15, 0.2) is 47.1 Å². The van der Waals surface area contributed by atoms with Crippen LogP contribution in [-0.4, -0.2) is 4.98 Å². The maximum atomic E-state index is 14.2. The third-order valence-electron chi connectivity index (χ3n) is 2.94. The van der Waals surface area contributed by atoms with E-state index < -0.39 is 5.82 Å². The summed E-state index contributed by atoms with van der Waals surface area (Å²) in [6.45, 7) is 0. The number of aromatic nitrogens is 1. The Bertz CT molecular complexity index is 841. The third-order valence-corrected chi connectivity index (χ3v) is 3.79. The molecular weight excluding hydrogens is 359 g/mol. The van der Waals surface area contributed by atoms with Gasteiger partial charge in [0, 0.05) is 28.4 Å². The number of pyridine rings is 1. The Morgan fingerprint density at radius 3 is 2.81 bits per heavy atom. The Hall–Kier alpha value is -1.85. The van der Waals surface area contributed by atoms with Gasteiger partial charge in [-0.2, -0.15) is 0 Å². The lowest BCUT2D eigenvalue weighted by molar-refractivity contribution is 0.445. The summed E-state index contributed by atoms with van der Waals surface area (Å²) in [4.78, 5) is 4.16. The summed E-state index contributed by atoms with van der Waals surface area (Å²) >= 11 is 9.21. The molecule has 0 saturated heterocycles. The standard InChI is InChI=1S/C15H9BrClFN2O/c16-10-6-8(17)3-4-13(10)21-15-11(18)7-12(19)9-2-1-5-20-14(9)15/h1-7H,19H2. The molecule has 2 aromatic carbocycles. The van der Waals surface area contributed by atoms with Gasteiger partial charge in [-0.05, 0) is 46.3 Å². The van der Waals surface area contributed by atoms with Gasteiger partial charge in [-0.1, -0.05) is 11.6 Å². The molecule has 6 heteroatoms. The first-order chi connectivity index (χ1) is 10.1. The van der Waals surface area contributed by atoms with Gasteiger partial charge in [-0.15, -0.1) is 0 Å². The number of rotatable bonds is 2. The molecule has 3 aromatic rings. The van der Waals surface area contributed by atoms with Crippen LogP contribution >= 0.6 is 27.5 Å². The van der Waals surface area contributed by atoms with Crippen molar-refractivity contribution in [2.45, 2.75) is 0 Å². The highest BCUT2D eigenvalue weighted by molar-refractivity contribution is 9.10. The SMILES string of the molecule is Nc1cc(F)c(Oc2ccc(Cl)cc2Br)c2ncccc12. The van der Waals surface area contributed by atoms with E-state index in [0.29, 0.717) is 31.8 Å². The number of halogens is 3. The maximum absolute atomic E-state index is 14.2. The number of ether oxygens (including phenoxy) is 1. The summed E-state index contributed by atoms with van der Waals surface area (Å²) < 4.78 is 20.5. The molecule has 0 radical (unpaired) electrons. The number of nitrogens with two attached hydrogens (primary N) is 1. The van der Waals surface area contributed by atoms with Gasteiger partial charge in [0.1, 0.15) is 11.3 Å². The number of hydrogen-bond donors (Lipinski definition) is 1. The minimum absolute atomic E-state index is 0.0304. The average Bonchev–Trinajstić information content (AvgIpc) is 2.45. The largest absolute Gasteiger partial charge is 0.451 e. The molecule has 0 fully saturated rings. The fourth-order valence-electron chi connectivity index (χ4n) is 1.98. The van der Waals surface area contributed by atoms with E-state index in [1.807, 2.05) is 0 Å². The number of fused-ring (bicyclic) bond motifs is 1. The normalized spacial score (nSPS) is 10.8. The zero-order chi connectivity index (χ0) is 15.0. The van der Waals surface area contributed by atoms with E-state index in [1.165, 1.54) is 6.07 Å². The number of benzene rings is 2. The second kappa shape index (κ2) is 5.50. The van der Waals surface area contributed by atoms with E-state index in [4.69, 9.17) is 22.1 Å². The molecule has 0 saturated carbocycles. The van der Waals surface area contributed by atoms with Gasteiger partial charge in [0.25, 0.3) is 0 Å². The van der Waals surface area contributed by atoms with Crippen molar-refractivity contribution in [1.29, 1.82) is 0 Å². The smallest absolute Gasteiger partial charge is 0.189 e. The molecule has 0 amide bonds. The van der Waals surface area contributed by atoms with E-state index in [9.17, 15) is 4.39 Å². The Morgan fingerprint density at radius 2 is 2.05 bits per heavy atom. The first kappa shape index (κ1) is 14.1. The fraction of sp³-hybridized carbons (Fsp3) is 0. The zero-order valence-electron chi connectivity index (χ0n) is 10.6. The molecule has 21 heavy (non-hydrogen) atoms. The van der Waals surface area contributed by atoms with Crippen LogP contribution in [0.2, 0.25) is 5.02 Å². The Morgan fingerprint density at radius 1 is 1.24 bits per heavy atom. The number of nitrogens with zero attached hydrogens (tertiary/aromatic N) is 1. The molecule has 0 atom stereocenters. The Kier molecular flexibility index (Phi) is 3.69. The second-order valence-electron chi connectivity index (χ2n) is 4.35. The lowest BCUT2D eigenvalue weighted by atomic mass is 10.1. The minimum Gasteiger partial charge on any atom is -0.451 e. The summed E-state index contributed by atoms with van der Waals surface area (Å²) in [7, 11) is 0. The highest BCUT2D eigenvalue weighted by Crippen LogP contribution is 2.37. The molecule has 0 bridgehead atoms. The van der Waals surface area contributed by atoms with E-state index in [-0.39, 0.29) is 5.75 Å². The highest BCUT2D eigenvalue weighted by Gasteiger charge is 2.15. The topological polar surface area (TPSA) is 48.1 Å². The van der Waals surface area contributed by atoms with E-state index in [2.05, 4.69) is 20.9 Å². The van der Waals surface area contributed by atoms with Gasteiger partial charge >= 0.3 is 0 Å². The molecule has 0 aliphatic carbocycles. The monoisotopic (exact) mass is 366 g/mol. The summed E-state index contributed by atoms with van der Waals surface area (Å²) in [5.41, 5.74) is 6.50. The number of hydrogen-bond acceptors (Lipinski definition) is 3. The van der Waals surface area contributed by atoms with Crippen molar-refractivity contribution in [3.63, 3.8) is 0 Å². The van der Waals surface area contributed by atoms with Gasteiger partial charge in [0.2, 0.25) is 0 Å². The lowest BCUT2D eigenvalue weighted by Gasteiger charge is -2.12. The predicted molar refractivity (Wildman–Crippen MR) is 85.3 cm³/mol. The van der Waals surface area contributed by atoms with Gasteiger partial charge in [-0.25, -0.2) is 4.39 Å². The van der Waals surface area contributed by atoms with Gasteiger partial charge in [0.15, 0.2) is 11.6 Å². The Balaban J connectivity index is 2.16. The van der Waals surface area contributed by atoms with Crippen LogP contribution in [0.1, 0.15) is 0 Å². The molecule has 0 aliphatic heterocycles. The van der Waals surface area contributed by atoms with Crippen molar-refractivity contribution in [2.75, 3.05) is 5.73 Å². The molecule has 2 N–H and O–H groups in total. The number of anilines is 1. The van der Waals surface area contributed by atoms with Crippen molar-refractivity contribution >= 4 is 44.1 Å². The van der Waals surface area contributed by atoms with E-state index in [0.717, 1.165) is 0 Å². The third kappa shape index (κ3) is 2.66. The molecule has 1 heterocycles. The quantitative estimate of drug-likeness (QED) is 0.636. The predicted octanol–water partition coefficient (Wildman–Crippen LogP) is 5.16. The van der Waals surface area contributed by atoms with Gasteiger partial charge in [0.05, 0.1) is 4.47 Å². The second-order valence-corrected chi connectivity index (χ2v) is 5.64. The summed E-state index contributed by atoms with van der Waals surface area (Å²) in [5.74, 6) is -0.0987. The summed E-state index contributed by atoms with van der Waals surface area (Å²) in [6, 6.07) is 9.70. The summed E-state index contributed by atoms with van der Waals surface area (Å²) in [6.07, 6.45) is 1.56. The van der Waals surface area contributed by atoms with Crippen LogP contribution in [0, 0.1) is 5.82 Å². The molecule has 1 aromatic heterocycles. The van der Waals surface area contributed by atoms with Crippen LogP contribution in [-0.2, 0) is 0 Å². The maximum Gasteiger partial charge on any atom is 0.189 e. The highest BCUT2D eigenvalue weighted by atomic mass is 79.9. The van der Waals surface area contributed by atoms with Crippen molar-refractivity contribution in [3.05, 3.63) is 57.9 Å². The molecular formula is C15H9BrClFN2O. The van der Waals surface area contributed by atoms with Crippen LogP contribution in [0.5, 0.6) is 11.5 Å². The van der Waals surface area contributed by atoms with E-state index >= 15 is 0 Å². The van der Waals surface area contributed by atoms with E-state index in [1.54, 1.807) is 36.5 Å².